The molecule has 2 aromatic rings. The van der Waals surface area contributed by atoms with E-state index in [1.807, 2.05) is 17.5 Å². The highest BCUT2D eigenvalue weighted by molar-refractivity contribution is 7.09. The third-order valence-electron chi connectivity index (χ3n) is 3.16. The molecular weight excluding hydrogens is 341 g/mol. The van der Waals surface area contributed by atoms with E-state index in [0.717, 1.165) is 29.1 Å². The highest BCUT2D eigenvalue weighted by atomic mass is 32.1. The van der Waals surface area contributed by atoms with Crippen molar-refractivity contribution in [3.8, 4) is 0 Å². The summed E-state index contributed by atoms with van der Waals surface area (Å²) < 4.78 is 37.3. The second kappa shape index (κ2) is 7.96. The molecule has 4 nitrogen and oxygen atoms in total. The van der Waals surface area contributed by atoms with Gasteiger partial charge in [0.1, 0.15) is 0 Å². The Morgan fingerprint density at radius 1 is 1.04 bits per heavy atom. The summed E-state index contributed by atoms with van der Waals surface area (Å²) >= 11 is 1.59. The molecular formula is C16H15F3N2O2S. The Morgan fingerprint density at radius 2 is 1.75 bits per heavy atom. The summed E-state index contributed by atoms with van der Waals surface area (Å²) in [5, 5.41) is 6.98. The molecule has 1 aromatic heterocycles. The first-order chi connectivity index (χ1) is 11.4. The van der Waals surface area contributed by atoms with Gasteiger partial charge in [0.15, 0.2) is 0 Å². The molecule has 0 bridgehead atoms. The van der Waals surface area contributed by atoms with Crippen LogP contribution in [-0.2, 0) is 17.4 Å². The number of hydrogen-bond acceptors (Lipinski definition) is 3. The van der Waals surface area contributed by atoms with Crippen molar-refractivity contribution >= 4 is 23.2 Å². The van der Waals surface area contributed by atoms with Crippen molar-refractivity contribution in [2.75, 3.05) is 13.1 Å². The molecule has 0 unspecified atom stereocenters. The van der Waals surface area contributed by atoms with Crippen molar-refractivity contribution in [2.24, 2.45) is 0 Å². The fourth-order valence-corrected chi connectivity index (χ4v) is 2.62. The number of thiophene rings is 1. The summed E-state index contributed by atoms with van der Waals surface area (Å²) in [4.78, 5) is 24.6. The van der Waals surface area contributed by atoms with Crippen LogP contribution in [0.1, 0.15) is 20.8 Å². The van der Waals surface area contributed by atoms with E-state index in [1.165, 1.54) is 0 Å². The minimum atomic E-state index is -4.45. The standard InChI is InChI=1S/C16H15F3N2O2S/c17-16(18,19)12-5-3-11(4-6-12)15(23)21-10-14(22)20-8-7-13-2-1-9-24-13/h1-6,9H,7-8,10H2,(H,20,22)(H,21,23). The molecule has 0 spiro atoms. The van der Waals surface area contributed by atoms with Gasteiger partial charge >= 0.3 is 6.18 Å². The van der Waals surface area contributed by atoms with Crippen LogP contribution in [-0.4, -0.2) is 24.9 Å². The number of carbonyl (C=O) groups is 2. The van der Waals surface area contributed by atoms with Gasteiger partial charge in [0.2, 0.25) is 5.91 Å². The van der Waals surface area contributed by atoms with Gasteiger partial charge in [-0.1, -0.05) is 6.07 Å². The molecule has 0 saturated heterocycles. The molecule has 128 valence electrons. The second-order valence-corrected chi connectivity index (χ2v) is 5.97. The molecule has 0 saturated carbocycles. The molecule has 0 aliphatic carbocycles. The lowest BCUT2D eigenvalue weighted by Crippen LogP contribution is -2.37. The van der Waals surface area contributed by atoms with Gasteiger partial charge < -0.3 is 10.6 Å². The Balaban J connectivity index is 1.74. The highest BCUT2D eigenvalue weighted by Crippen LogP contribution is 2.29. The molecule has 0 aliphatic rings. The third kappa shape index (κ3) is 5.38. The average molecular weight is 356 g/mol. The van der Waals surface area contributed by atoms with Gasteiger partial charge in [-0.15, -0.1) is 11.3 Å². The van der Waals surface area contributed by atoms with E-state index in [1.54, 1.807) is 11.3 Å². The molecule has 2 N–H and O–H groups in total. The maximum absolute atomic E-state index is 12.4. The normalized spacial score (nSPS) is 11.1. The maximum Gasteiger partial charge on any atom is 0.416 e. The minimum absolute atomic E-state index is 0.0642. The van der Waals surface area contributed by atoms with Gasteiger partial charge in [0, 0.05) is 17.0 Å². The summed E-state index contributed by atoms with van der Waals surface area (Å²) in [6.07, 6.45) is -3.74. The van der Waals surface area contributed by atoms with E-state index < -0.39 is 17.6 Å². The molecule has 0 fully saturated rings. The van der Waals surface area contributed by atoms with Gasteiger partial charge in [-0.05, 0) is 42.1 Å². The van der Waals surface area contributed by atoms with Crippen molar-refractivity contribution in [3.63, 3.8) is 0 Å². The SMILES string of the molecule is O=C(CNC(=O)c1ccc(C(F)(F)F)cc1)NCCc1cccs1. The summed E-state index contributed by atoms with van der Waals surface area (Å²) in [5.74, 6) is -0.955. The highest BCUT2D eigenvalue weighted by Gasteiger charge is 2.30. The van der Waals surface area contributed by atoms with Crippen molar-refractivity contribution in [1.82, 2.24) is 10.6 Å². The van der Waals surface area contributed by atoms with Crippen molar-refractivity contribution in [2.45, 2.75) is 12.6 Å². The molecule has 2 rings (SSSR count). The first-order valence-electron chi connectivity index (χ1n) is 7.11. The average Bonchev–Trinajstić information content (AvgIpc) is 3.05. The number of hydrogen-bond donors (Lipinski definition) is 2. The van der Waals surface area contributed by atoms with E-state index in [9.17, 15) is 22.8 Å². The lowest BCUT2D eigenvalue weighted by Gasteiger charge is -2.08. The molecule has 1 heterocycles. The smallest absolute Gasteiger partial charge is 0.354 e. The van der Waals surface area contributed by atoms with E-state index in [2.05, 4.69) is 10.6 Å². The summed E-state index contributed by atoms with van der Waals surface area (Å²) in [7, 11) is 0. The van der Waals surface area contributed by atoms with E-state index in [0.29, 0.717) is 13.0 Å². The fourth-order valence-electron chi connectivity index (χ4n) is 1.92. The van der Waals surface area contributed by atoms with Crippen LogP contribution in [0, 0.1) is 0 Å². The van der Waals surface area contributed by atoms with Gasteiger partial charge in [0.25, 0.3) is 5.91 Å². The largest absolute Gasteiger partial charge is 0.416 e. The van der Waals surface area contributed by atoms with Gasteiger partial charge in [-0.3, -0.25) is 9.59 Å². The number of nitrogens with one attached hydrogen (secondary N) is 2. The molecule has 0 atom stereocenters. The summed E-state index contributed by atoms with van der Waals surface area (Å²) in [6, 6.07) is 7.70. The Kier molecular flexibility index (Phi) is 5.97. The first kappa shape index (κ1) is 18.0. The quantitative estimate of drug-likeness (QED) is 0.836. The van der Waals surface area contributed by atoms with Crippen LogP contribution in [0.3, 0.4) is 0 Å². The molecule has 1 aromatic carbocycles. The minimum Gasteiger partial charge on any atom is -0.354 e. The van der Waals surface area contributed by atoms with Crippen LogP contribution in [0.4, 0.5) is 13.2 Å². The number of alkyl halides is 3. The van der Waals surface area contributed by atoms with E-state index >= 15 is 0 Å². The number of amides is 2. The van der Waals surface area contributed by atoms with Crippen LogP contribution in [0.5, 0.6) is 0 Å². The Labute approximate surface area is 140 Å². The predicted octanol–water partition coefficient (Wildman–Crippen LogP) is 2.86. The zero-order valence-electron chi connectivity index (χ0n) is 12.5. The Hall–Kier alpha value is -2.35. The van der Waals surface area contributed by atoms with Crippen molar-refractivity contribution in [1.29, 1.82) is 0 Å². The lowest BCUT2D eigenvalue weighted by atomic mass is 10.1. The summed E-state index contributed by atoms with van der Waals surface area (Å²) in [6.45, 7) is 0.222. The Bertz CT molecular complexity index is 682. The zero-order valence-corrected chi connectivity index (χ0v) is 13.3. The lowest BCUT2D eigenvalue weighted by molar-refractivity contribution is -0.137. The number of halogens is 3. The van der Waals surface area contributed by atoms with Crippen LogP contribution < -0.4 is 10.6 Å². The number of carbonyl (C=O) groups excluding carboxylic acids is 2. The van der Waals surface area contributed by atoms with Gasteiger partial charge in [-0.25, -0.2) is 0 Å². The van der Waals surface area contributed by atoms with Crippen LogP contribution in [0.15, 0.2) is 41.8 Å². The monoisotopic (exact) mass is 356 g/mol. The topological polar surface area (TPSA) is 58.2 Å². The van der Waals surface area contributed by atoms with Crippen molar-refractivity contribution < 1.29 is 22.8 Å². The number of rotatable bonds is 6. The maximum atomic E-state index is 12.4. The van der Waals surface area contributed by atoms with E-state index in [-0.39, 0.29) is 18.0 Å². The summed E-state index contributed by atoms with van der Waals surface area (Å²) in [5.41, 5.74) is -0.764. The fraction of sp³-hybridized carbons (Fsp3) is 0.250. The van der Waals surface area contributed by atoms with Crippen LogP contribution in [0.25, 0.3) is 0 Å². The first-order valence-corrected chi connectivity index (χ1v) is 7.99. The molecule has 8 heteroatoms. The second-order valence-electron chi connectivity index (χ2n) is 4.94. The van der Waals surface area contributed by atoms with Crippen molar-refractivity contribution in [3.05, 3.63) is 57.8 Å². The molecule has 24 heavy (non-hydrogen) atoms. The Morgan fingerprint density at radius 3 is 2.33 bits per heavy atom. The molecule has 2 amide bonds. The zero-order chi connectivity index (χ0) is 17.6. The molecule has 0 radical (unpaired) electrons. The van der Waals surface area contributed by atoms with Gasteiger partial charge in [0.05, 0.1) is 12.1 Å². The van der Waals surface area contributed by atoms with Crippen LogP contribution >= 0.6 is 11.3 Å². The van der Waals surface area contributed by atoms with Gasteiger partial charge in [-0.2, -0.15) is 13.2 Å². The number of benzene rings is 1. The predicted molar refractivity (Wildman–Crippen MR) is 84.8 cm³/mol. The van der Waals surface area contributed by atoms with E-state index in [4.69, 9.17) is 0 Å². The molecule has 0 aliphatic heterocycles. The third-order valence-corrected chi connectivity index (χ3v) is 4.09. The van der Waals surface area contributed by atoms with Crippen LogP contribution in [0.2, 0.25) is 0 Å².